The van der Waals surface area contributed by atoms with Crippen LogP contribution in [0, 0.1) is 5.92 Å². The molecule has 2 rings (SSSR count). The van der Waals surface area contributed by atoms with E-state index in [-0.39, 0.29) is 24.0 Å². The maximum Gasteiger partial charge on any atom is 0.191 e. The van der Waals surface area contributed by atoms with Crippen LogP contribution in [0.1, 0.15) is 39.1 Å². The zero-order valence-corrected chi connectivity index (χ0v) is 19.8. The molecule has 1 aromatic carbocycles. The molecule has 156 valence electrons. The average Bonchev–Trinajstić information content (AvgIpc) is 3.13. The maximum atomic E-state index is 5.21. The van der Waals surface area contributed by atoms with Gasteiger partial charge in [-0.05, 0) is 30.5 Å². The number of aromatic nitrogens is 3. The van der Waals surface area contributed by atoms with Gasteiger partial charge in [0.15, 0.2) is 5.96 Å². The highest BCUT2D eigenvalue weighted by atomic mass is 127. The van der Waals surface area contributed by atoms with Gasteiger partial charge in [-0.15, -0.1) is 34.2 Å². The molecule has 0 spiro atoms. The second kappa shape index (κ2) is 12.6. The Kier molecular flexibility index (Phi) is 10.9. The van der Waals surface area contributed by atoms with Crippen molar-refractivity contribution in [3.63, 3.8) is 0 Å². The van der Waals surface area contributed by atoms with E-state index >= 15 is 0 Å². The van der Waals surface area contributed by atoms with Gasteiger partial charge in [-0.25, -0.2) is 4.99 Å². The minimum Gasteiger partial charge on any atom is -0.497 e. The van der Waals surface area contributed by atoms with Gasteiger partial charge in [0.1, 0.15) is 17.9 Å². The standard InChI is InChI=1S/C20H32N6O.HI/c1-6-19-25-23-14-26(19)12-11-21-20(24-16(4)15(2)3)22-13-17-7-9-18(27-5)10-8-17;/h7-10,14-16H,6,11-13H2,1-5H3,(H2,21,22,24);1H. The number of aryl methyl sites for hydroxylation is 1. The van der Waals surface area contributed by atoms with Gasteiger partial charge in [-0.3, -0.25) is 0 Å². The quantitative estimate of drug-likeness (QED) is 0.314. The number of aliphatic imine (C=N–C) groups is 1. The van der Waals surface area contributed by atoms with Crippen molar-refractivity contribution >= 4 is 29.9 Å². The van der Waals surface area contributed by atoms with Crippen LogP contribution in [0.3, 0.4) is 0 Å². The van der Waals surface area contributed by atoms with Gasteiger partial charge in [0.2, 0.25) is 0 Å². The van der Waals surface area contributed by atoms with Gasteiger partial charge in [-0.1, -0.05) is 32.9 Å². The molecule has 1 atom stereocenters. The van der Waals surface area contributed by atoms with Crippen molar-refractivity contribution in [1.82, 2.24) is 25.4 Å². The lowest BCUT2D eigenvalue weighted by Gasteiger charge is -2.21. The lowest BCUT2D eigenvalue weighted by Crippen LogP contribution is -2.45. The molecule has 0 bridgehead atoms. The Morgan fingerprint density at radius 3 is 2.54 bits per heavy atom. The Morgan fingerprint density at radius 1 is 1.21 bits per heavy atom. The van der Waals surface area contributed by atoms with Crippen molar-refractivity contribution in [2.24, 2.45) is 10.9 Å². The van der Waals surface area contributed by atoms with Crippen molar-refractivity contribution in [2.45, 2.75) is 53.2 Å². The fourth-order valence-corrected chi connectivity index (χ4v) is 2.47. The van der Waals surface area contributed by atoms with E-state index in [9.17, 15) is 0 Å². The average molecular weight is 500 g/mol. The van der Waals surface area contributed by atoms with Gasteiger partial charge in [0.05, 0.1) is 13.7 Å². The van der Waals surface area contributed by atoms with Crippen LogP contribution in [0.2, 0.25) is 0 Å². The van der Waals surface area contributed by atoms with Crippen molar-refractivity contribution in [2.75, 3.05) is 13.7 Å². The number of ether oxygens (including phenoxy) is 1. The van der Waals surface area contributed by atoms with E-state index in [0.717, 1.165) is 42.6 Å². The van der Waals surface area contributed by atoms with Crippen LogP contribution in [0.4, 0.5) is 0 Å². The number of nitrogens with zero attached hydrogens (tertiary/aromatic N) is 4. The number of methoxy groups -OCH3 is 1. The van der Waals surface area contributed by atoms with Crippen LogP contribution in [0.25, 0.3) is 0 Å². The fourth-order valence-electron chi connectivity index (χ4n) is 2.47. The summed E-state index contributed by atoms with van der Waals surface area (Å²) in [7, 11) is 1.67. The molecular formula is C20H33IN6O. The molecule has 0 aliphatic heterocycles. The van der Waals surface area contributed by atoms with Crippen LogP contribution < -0.4 is 15.4 Å². The van der Waals surface area contributed by atoms with E-state index in [1.807, 2.05) is 24.3 Å². The van der Waals surface area contributed by atoms with Gasteiger partial charge < -0.3 is 19.9 Å². The summed E-state index contributed by atoms with van der Waals surface area (Å²) < 4.78 is 7.28. The Labute approximate surface area is 185 Å². The highest BCUT2D eigenvalue weighted by molar-refractivity contribution is 14.0. The van der Waals surface area contributed by atoms with Gasteiger partial charge in [0.25, 0.3) is 0 Å². The molecule has 1 unspecified atom stereocenters. The highest BCUT2D eigenvalue weighted by Gasteiger charge is 2.10. The molecule has 0 aliphatic rings. The van der Waals surface area contributed by atoms with E-state index in [2.05, 4.69) is 53.1 Å². The van der Waals surface area contributed by atoms with E-state index in [1.165, 1.54) is 0 Å². The molecule has 1 aromatic heterocycles. The van der Waals surface area contributed by atoms with E-state index < -0.39 is 0 Å². The molecule has 0 radical (unpaired) electrons. The van der Waals surface area contributed by atoms with Crippen LogP contribution in [-0.4, -0.2) is 40.4 Å². The molecule has 0 fully saturated rings. The van der Waals surface area contributed by atoms with E-state index in [0.29, 0.717) is 18.5 Å². The molecule has 0 saturated heterocycles. The number of guanidine groups is 1. The van der Waals surface area contributed by atoms with Crippen LogP contribution >= 0.6 is 24.0 Å². The molecular weight excluding hydrogens is 467 g/mol. The second-order valence-electron chi connectivity index (χ2n) is 6.91. The van der Waals surface area contributed by atoms with Crippen molar-refractivity contribution in [3.05, 3.63) is 42.0 Å². The van der Waals surface area contributed by atoms with Gasteiger partial charge in [-0.2, -0.15) is 0 Å². The largest absolute Gasteiger partial charge is 0.497 e. The molecule has 2 aromatic rings. The normalized spacial score (nSPS) is 12.4. The lowest BCUT2D eigenvalue weighted by molar-refractivity contribution is 0.414. The van der Waals surface area contributed by atoms with Crippen LogP contribution in [0.5, 0.6) is 5.75 Å². The Balaban J connectivity index is 0.00000392. The fraction of sp³-hybridized carbons (Fsp3) is 0.550. The molecule has 1 heterocycles. The summed E-state index contributed by atoms with van der Waals surface area (Å²) in [6, 6.07) is 8.32. The Hall–Kier alpha value is -1.84. The molecule has 2 N–H and O–H groups in total. The molecule has 0 saturated carbocycles. The van der Waals surface area contributed by atoms with Gasteiger partial charge in [0, 0.05) is 25.6 Å². The number of hydrogen-bond donors (Lipinski definition) is 2. The lowest BCUT2D eigenvalue weighted by atomic mass is 10.1. The maximum absolute atomic E-state index is 5.21. The number of rotatable bonds is 9. The molecule has 28 heavy (non-hydrogen) atoms. The van der Waals surface area contributed by atoms with Gasteiger partial charge >= 0.3 is 0 Å². The van der Waals surface area contributed by atoms with Crippen molar-refractivity contribution in [1.29, 1.82) is 0 Å². The minimum atomic E-state index is 0. The highest BCUT2D eigenvalue weighted by Crippen LogP contribution is 2.12. The first-order chi connectivity index (χ1) is 13.0. The van der Waals surface area contributed by atoms with E-state index in [4.69, 9.17) is 9.73 Å². The van der Waals surface area contributed by atoms with Crippen LogP contribution in [0.15, 0.2) is 35.6 Å². The third-order valence-corrected chi connectivity index (χ3v) is 4.60. The number of nitrogens with one attached hydrogen (secondary N) is 2. The molecule has 7 nitrogen and oxygen atoms in total. The predicted molar refractivity (Wildman–Crippen MR) is 124 cm³/mol. The second-order valence-corrected chi connectivity index (χ2v) is 6.91. The summed E-state index contributed by atoms with van der Waals surface area (Å²) in [6.45, 7) is 10.8. The Bertz CT molecular complexity index is 714. The SMILES string of the molecule is CCc1nncn1CCNC(=NCc1ccc(OC)cc1)NC(C)C(C)C.I. The number of halogens is 1. The summed E-state index contributed by atoms with van der Waals surface area (Å²) >= 11 is 0. The summed E-state index contributed by atoms with van der Waals surface area (Å²) in [5.74, 6) is 3.19. The number of benzene rings is 1. The topological polar surface area (TPSA) is 76.4 Å². The smallest absolute Gasteiger partial charge is 0.191 e. The zero-order chi connectivity index (χ0) is 19.6. The summed E-state index contributed by atoms with van der Waals surface area (Å²) in [5, 5.41) is 15.0. The third-order valence-electron chi connectivity index (χ3n) is 4.60. The third kappa shape index (κ3) is 7.65. The summed E-state index contributed by atoms with van der Waals surface area (Å²) in [6.07, 6.45) is 2.65. The molecule has 0 amide bonds. The van der Waals surface area contributed by atoms with Crippen molar-refractivity contribution < 1.29 is 4.74 Å². The monoisotopic (exact) mass is 500 g/mol. The summed E-state index contributed by atoms with van der Waals surface area (Å²) in [5.41, 5.74) is 1.14. The first-order valence-corrected chi connectivity index (χ1v) is 9.58. The predicted octanol–water partition coefficient (Wildman–Crippen LogP) is 3.25. The first-order valence-electron chi connectivity index (χ1n) is 9.58. The summed E-state index contributed by atoms with van der Waals surface area (Å²) in [4.78, 5) is 4.75. The van der Waals surface area contributed by atoms with Crippen molar-refractivity contribution in [3.8, 4) is 5.75 Å². The van der Waals surface area contributed by atoms with E-state index in [1.54, 1.807) is 13.4 Å². The molecule has 0 aliphatic carbocycles. The Morgan fingerprint density at radius 2 is 1.93 bits per heavy atom. The molecule has 8 heteroatoms. The number of hydrogen-bond acceptors (Lipinski definition) is 4. The first kappa shape index (κ1) is 24.2. The minimum absolute atomic E-state index is 0. The van der Waals surface area contributed by atoms with Crippen LogP contribution in [-0.2, 0) is 19.5 Å². The zero-order valence-electron chi connectivity index (χ0n) is 17.5.